The molecule has 0 radical (unpaired) electrons. The van der Waals surface area contributed by atoms with E-state index in [4.69, 9.17) is 14.4 Å². The number of furan rings is 1. The largest absolute Gasteiger partial charge is 0.456 e. The van der Waals surface area contributed by atoms with Gasteiger partial charge in [0.25, 0.3) is 0 Å². The van der Waals surface area contributed by atoms with E-state index in [0.29, 0.717) is 5.96 Å². The fraction of sp³-hybridized carbons (Fsp3) is 0.0222. The maximum absolute atomic E-state index is 6.51. The van der Waals surface area contributed by atoms with Gasteiger partial charge in [0.05, 0.1) is 22.1 Å². The van der Waals surface area contributed by atoms with Gasteiger partial charge >= 0.3 is 0 Å². The van der Waals surface area contributed by atoms with E-state index >= 15 is 0 Å². The van der Waals surface area contributed by atoms with E-state index in [1.54, 1.807) is 0 Å². The zero-order valence-electron chi connectivity index (χ0n) is 27.4. The maximum Gasteiger partial charge on any atom is 0.234 e. The molecule has 6 nitrogen and oxygen atoms in total. The molecule has 10 aromatic rings. The minimum absolute atomic E-state index is 0.447. The Labute approximate surface area is 292 Å². The Balaban J connectivity index is 1.21. The SMILES string of the molecule is c1ccc(C2=NC(n3c4ccccc4c4c5c6ccccc6n(-c6ccccc6)c5ccc43)=NC(c3cccc4c3oc3ccccc34)N2)cc1. The van der Waals surface area contributed by atoms with Crippen molar-refractivity contribution in [2.45, 2.75) is 6.17 Å². The molecule has 0 fully saturated rings. The predicted octanol–water partition coefficient (Wildman–Crippen LogP) is 10.7. The van der Waals surface area contributed by atoms with Crippen LogP contribution in [0.5, 0.6) is 0 Å². The van der Waals surface area contributed by atoms with Gasteiger partial charge in [0, 0.05) is 49.1 Å². The predicted molar refractivity (Wildman–Crippen MR) is 209 cm³/mol. The number of amidine groups is 1. The highest BCUT2D eigenvalue weighted by molar-refractivity contribution is 6.30. The first-order valence-electron chi connectivity index (χ1n) is 17.2. The molecule has 0 bridgehead atoms. The number of hydrogen-bond donors (Lipinski definition) is 1. The molecule has 1 N–H and O–H groups in total. The number of rotatable bonds is 3. The van der Waals surface area contributed by atoms with Crippen LogP contribution in [0, 0.1) is 0 Å². The molecular formula is C45H29N5O. The number of fused-ring (bicyclic) bond motifs is 10. The summed E-state index contributed by atoms with van der Waals surface area (Å²) in [6.45, 7) is 0. The molecule has 7 aromatic carbocycles. The third kappa shape index (κ3) is 4.10. The van der Waals surface area contributed by atoms with Gasteiger partial charge in [0.15, 0.2) is 6.17 Å². The summed E-state index contributed by atoms with van der Waals surface area (Å²) in [6.07, 6.45) is -0.447. The lowest BCUT2D eigenvalue weighted by Gasteiger charge is -2.24. The van der Waals surface area contributed by atoms with Gasteiger partial charge in [-0.05, 0) is 42.5 Å². The van der Waals surface area contributed by atoms with Crippen molar-refractivity contribution in [2.24, 2.45) is 9.98 Å². The zero-order chi connectivity index (χ0) is 33.5. The fourth-order valence-electron chi connectivity index (χ4n) is 8.01. The number of benzene rings is 7. The van der Waals surface area contributed by atoms with Gasteiger partial charge in [-0.15, -0.1) is 0 Å². The van der Waals surface area contributed by atoms with Crippen molar-refractivity contribution in [2.75, 3.05) is 0 Å². The van der Waals surface area contributed by atoms with Crippen LogP contribution in [-0.2, 0) is 0 Å². The third-order valence-corrected chi connectivity index (χ3v) is 10.2. The van der Waals surface area contributed by atoms with Crippen molar-refractivity contribution < 1.29 is 4.42 Å². The number of hydrogen-bond acceptors (Lipinski definition) is 4. The number of nitrogens with zero attached hydrogens (tertiary/aromatic N) is 4. The van der Waals surface area contributed by atoms with Gasteiger partial charge < -0.3 is 14.3 Å². The van der Waals surface area contributed by atoms with Gasteiger partial charge in [-0.2, -0.15) is 4.99 Å². The number of nitrogens with one attached hydrogen (secondary N) is 1. The first kappa shape index (κ1) is 28.0. The monoisotopic (exact) mass is 655 g/mol. The zero-order valence-corrected chi connectivity index (χ0v) is 27.4. The second-order valence-electron chi connectivity index (χ2n) is 13.0. The minimum Gasteiger partial charge on any atom is -0.456 e. The van der Waals surface area contributed by atoms with E-state index in [1.165, 1.54) is 21.7 Å². The van der Waals surface area contributed by atoms with Crippen molar-refractivity contribution in [3.8, 4) is 5.69 Å². The van der Waals surface area contributed by atoms with Gasteiger partial charge in [-0.1, -0.05) is 121 Å². The summed E-state index contributed by atoms with van der Waals surface area (Å²) >= 11 is 0. The Morgan fingerprint density at radius 3 is 1.82 bits per heavy atom. The molecule has 6 heteroatoms. The quantitative estimate of drug-likeness (QED) is 0.206. The van der Waals surface area contributed by atoms with Crippen LogP contribution in [0.2, 0.25) is 0 Å². The number of aromatic nitrogens is 2. The lowest BCUT2D eigenvalue weighted by atomic mass is 10.1. The summed E-state index contributed by atoms with van der Waals surface area (Å²) < 4.78 is 11.1. The Bertz CT molecular complexity index is 3060. The summed E-state index contributed by atoms with van der Waals surface area (Å²) in [5, 5.41) is 10.6. The molecule has 240 valence electrons. The van der Waals surface area contributed by atoms with Crippen LogP contribution < -0.4 is 5.32 Å². The van der Waals surface area contributed by atoms with E-state index < -0.39 is 6.17 Å². The Morgan fingerprint density at radius 1 is 0.490 bits per heavy atom. The lowest BCUT2D eigenvalue weighted by molar-refractivity contribution is 0.626. The minimum atomic E-state index is -0.447. The highest BCUT2D eigenvalue weighted by atomic mass is 16.3. The second-order valence-corrected chi connectivity index (χ2v) is 13.0. The fourth-order valence-corrected chi connectivity index (χ4v) is 8.01. The summed E-state index contributed by atoms with van der Waals surface area (Å²) in [5.41, 5.74) is 9.20. The van der Waals surface area contributed by atoms with Crippen molar-refractivity contribution in [3.63, 3.8) is 0 Å². The summed E-state index contributed by atoms with van der Waals surface area (Å²) in [7, 11) is 0. The van der Waals surface area contributed by atoms with Crippen LogP contribution in [0.4, 0.5) is 0 Å². The second kappa shape index (κ2) is 10.8. The molecule has 0 aliphatic carbocycles. The van der Waals surface area contributed by atoms with Gasteiger partial charge in [-0.3, -0.25) is 4.57 Å². The Hall–Kier alpha value is -6.92. The lowest BCUT2D eigenvalue weighted by Crippen LogP contribution is -2.35. The summed E-state index contributed by atoms with van der Waals surface area (Å²) in [6, 6.07) is 57.2. The first-order valence-corrected chi connectivity index (χ1v) is 17.2. The Kier molecular flexibility index (Phi) is 5.92. The van der Waals surface area contributed by atoms with E-state index in [9.17, 15) is 0 Å². The molecule has 0 saturated carbocycles. The van der Waals surface area contributed by atoms with Crippen molar-refractivity contribution in [1.29, 1.82) is 0 Å². The molecule has 4 heterocycles. The standard InChI is InChI=1S/C45H29N5O/c1-3-14-28(15-4-1)43-46-44(34-22-13-21-31-30-18-9-12-25-39(30)51-42(31)34)48-45(47-43)50-36-24-11-8-20-33(36)41-38(50)27-26-37-40(41)32-19-7-10-23-35(32)49(37)29-16-5-2-6-17-29/h1-27,44H,(H,46,47,48). The molecular weight excluding hydrogens is 627 g/mol. The Morgan fingerprint density at radius 2 is 1.08 bits per heavy atom. The average Bonchev–Trinajstić information content (AvgIpc) is 3.86. The number of para-hydroxylation sites is 5. The average molecular weight is 656 g/mol. The first-order chi connectivity index (χ1) is 25.3. The van der Waals surface area contributed by atoms with Crippen molar-refractivity contribution >= 4 is 77.3 Å². The van der Waals surface area contributed by atoms with Gasteiger partial charge in [-0.25, -0.2) is 4.99 Å². The normalized spacial score (nSPS) is 14.9. The molecule has 1 unspecified atom stereocenters. The molecule has 3 aromatic heterocycles. The van der Waals surface area contributed by atoms with Crippen LogP contribution in [-0.4, -0.2) is 20.9 Å². The van der Waals surface area contributed by atoms with Crippen LogP contribution in [0.3, 0.4) is 0 Å². The molecule has 11 rings (SSSR count). The maximum atomic E-state index is 6.51. The van der Waals surface area contributed by atoms with E-state index in [2.05, 4.69) is 148 Å². The third-order valence-electron chi connectivity index (χ3n) is 10.2. The highest BCUT2D eigenvalue weighted by Gasteiger charge is 2.27. The molecule has 1 aliphatic heterocycles. The summed E-state index contributed by atoms with van der Waals surface area (Å²) in [5.74, 6) is 1.37. The van der Waals surface area contributed by atoms with Crippen molar-refractivity contribution in [3.05, 3.63) is 175 Å². The van der Waals surface area contributed by atoms with Gasteiger partial charge in [0.2, 0.25) is 5.96 Å². The molecule has 0 saturated heterocycles. The van der Waals surface area contributed by atoms with Gasteiger partial charge in [0.1, 0.15) is 17.0 Å². The topological polar surface area (TPSA) is 59.8 Å². The van der Waals surface area contributed by atoms with E-state index in [-0.39, 0.29) is 0 Å². The smallest absolute Gasteiger partial charge is 0.234 e. The number of aliphatic imine (C=N–C) groups is 2. The molecule has 1 aliphatic rings. The van der Waals surface area contributed by atoms with Crippen molar-refractivity contribution in [1.82, 2.24) is 14.5 Å². The molecule has 1 atom stereocenters. The molecule has 51 heavy (non-hydrogen) atoms. The summed E-state index contributed by atoms with van der Waals surface area (Å²) in [4.78, 5) is 10.7. The molecule has 0 spiro atoms. The molecule has 0 amide bonds. The van der Waals surface area contributed by atoms with Crippen LogP contribution in [0.1, 0.15) is 17.3 Å². The van der Waals surface area contributed by atoms with E-state index in [0.717, 1.165) is 66.5 Å². The van der Waals surface area contributed by atoms with Crippen LogP contribution in [0.25, 0.3) is 71.2 Å². The highest BCUT2D eigenvalue weighted by Crippen LogP contribution is 2.42. The van der Waals surface area contributed by atoms with E-state index in [1.807, 2.05) is 30.3 Å². The van der Waals surface area contributed by atoms with Crippen LogP contribution in [0.15, 0.2) is 178 Å². The van der Waals surface area contributed by atoms with Crippen LogP contribution >= 0.6 is 0 Å².